The molecule has 1 aromatic carbocycles. The lowest BCUT2D eigenvalue weighted by atomic mass is 9.87. The third-order valence-corrected chi connectivity index (χ3v) is 9.59. The Bertz CT molecular complexity index is 1360. The maximum Gasteiger partial charge on any atom is 0.157 e. The molecule has 0 bridgehead atoms. The fourth-order valence-corrected chi connectivity index (χ4v) is 7.56. The molecule has 2 aliphatic heterocycles. The van der Waals surface area contributed by atoms with Crippen molar-refractivity contribution in [3.8, 4) is 0 Å². The van der Waals surface area contributed by atoms with E-state index >= 15 is 0 Å². The van der Waals surface area contributed by atoms with E-state index in [0.717, 1.165) is 65.1 Å². The Kier molecular flexibility index (Phi) is 6.68. The van der Waals surface area contributed by atoms with Gasteiger partial charge in [-0.3, -0.25) is 4.90 Å². The maximum atomic E-state index is 14.8. The standard InChI is InChI=1S/C27H31FN4O2S2/c1-27(2)18(7-9-32(27)10-12-34-25-5-3-4-11-33-25)23-13-17-20(6-8-29-26(17)36-23)31-21-15-22-24(14-19(21)28)35-16-30-22/h6,8,13-16,18,25H,3-5,7,9-12H2,1-2H3,(H,29,31). The van der Waals surface area contributed by atoms with E-state index in [0.29, 0.717) is 18.2 Å². The van der Waals surface area contributed by atoms with Crippen molar-refractivity contribution >= 4 is 54.5 Å². The van der Waals surface area contributed by atoms with Crippen molar-refractivity contribution in [3.63, 3.8) is 0 Å². The summed E-state index contributed by atoms with van der Waals surface area (Å²) < 4.78 is 27.4. The molecule has 6 nitrogen and oxygen atoms in total. The van der Waals surface area contributed by atoms with Crippen molar-refractivity contribution in [2.24, 2.45) is 0 Å². The molecule has 3 aromatic heterocycles. The van der Waals surface area contributed by atoms with Gasteiger partial charge in [-0.05, 0) is 70.3 Å². The van der Waals surface area contributed by atoms with Crippen LogP contribution in [0.2, 0.25) is 0 Å². The number of hydrogen-bond acceptors (Lipinski definition) is 8. The number of likely N-dealkylation sites (tertiary alicyclic amines) is 1. The summed E-state index contributed by atoms with van der Waals surface area (Å²) in [6, 6.07) is 7.49. The Morgan fingerprint density at radius 1 is 1.19 bits per heavy atom. The molecule has 0 amide bonds. The Morgan fingerprint density at radius 2 is 2.11 bits per heavy atom. The van der Waals surface area contributed by atoms with Gasteiger partial charge in [0.05, 0.1) is 33.7 Å². The molecule has 0 saturated carbocycles. The second kappa shape index (κ2) is 9.95. The summed E-state index contributed by atoms with van der Waals surface area (Å²) >= 11 is 3.19. The molecule has 0 aliphatic carbocycles. The maximum absolute atomic E-state index is 14.8. The molecule has 2 aliphatic rings. The minimum atomic E-state index is -0.277. The summed E-state index contributed by atoms with van der Waals surface area (Å²) in [5.41, 5.74) is 3.85. The number of anilines is 2. The molecule has 1 N–H and O–H groups in total. The zero-order valence-corrected chi connectivity index (χ0v) is 22.3. The van der Waals surface area contributed by atoms with Gasteiger partial charge in [0, 0.05) is 41.1 Å². The number of aromatic nitrogens is 2. The first kappa shape index (κ1) is 24.2. The average molecular weight is 527 g/mol. The van der Waals surface area contributed by atoms with Crippen LogP contribution in [0, 0.1) is 5.82 Å². The quantitative estimate of drug-likeness (QED) is 0.283. The van der Waals surface area contributed by atoms with Gasteiger partial charge in [0.2, 0.25) is 0 Å². The van der Waals surface area contributed by atoms with Crippen LogP contribution in [0.15, 0.2) is 36.0 Å². The number of thiazole rings is 1. The van der Waals surface area contributed by atoms with Crippen LogP contribution in [-0.2, 0) is 9.47 Å². The average Bonchev–Trinajstić information content (AvgIpc) is 3.57. The van der Waals surface area contributed by atoms with E-state index < -0.39 is 0 Å². The second-order valence-corrected chi connectivity index (χ2v) is 12.1. The fraction of sp³-hybridized carbons (Fsp3) is 0.481. The predicted octanol–water partition coefficient (Wildman–Crippen LogP) is 6.90. The first-order chi connectivity index (χ1) is 17.5. The molecule has 2 fully saturated rings. The van der Waals surface area contributed by atoms with Crippen LogP contribution in [-0.4, -0.2) is 53.0 Å². The third kappa shape index (κ3) is 4.63. The van der Waals surface area contributed by atoms with Crippen LogP contribution < -0.4 is 5.32 Å². The summed E-state index contributed by atoms with van der Waals surface area (Å²) in [5, 5.41) is 4.34. The number of ether oxygens (including phenoxy) is 2. The molecule has 4 aromatic rings. The van der Waals surface area contributed by atoms with Gasteiger partial charge in [-0.2, -0.15) is 0 Å². The topological polar surface area (TPSA) is 59.5 Å². The Labute approximate surface area is 218 Å². The zero-order chi connectivity index (χ0) is 24.7. The summed E-state index contributed by atoms with van der Waals surface area (Å²) in [6.45, 7) is 8.10. The van der Waals surface area contributed by atoms with Crippen molar-refractivity contribution in [2.45, 2.75) is 57.3 Å². The lowest BCUT2D eigenvalue weighted by molar-refractivity contribution is -0.165. The highest BCUT2D eigenvalue weighted by atomic mass is 32.1. The van der Waals surface area contributed by atoms with E-state index in [4.69, 9.17) is 9.47 Å². The van der Waals surface area contributed by atoms with E-state index in [1.54, 1.807) is 35.2 Å². The molecular formula is C27H31FN4O2S2. The van der Waals surface area contributed by atoms with Crippen LogP contribution in [0.4, 0.5) is 15.8 Å². The van der Waals surface area contributed by atoms with Crippen molar-refractivity contribution in [1.82, 2.24) is 14.9 Å². The molecule has 2 atom stereocenters. The van der Waals surface area contributed by atoms with Crippen LogP contribution in [0.5, 0.6) is 0 Å². The number of thiophene rings is 1. The Balaban J connectivity index is 1.19. The SMILES string of the molecule is CC1(C)C(c2cc3c(Nc4cc5ncsc5cc4F)ccnc3s2)CCN1CCOC1CCCCO1. The van der Waals surface area contributed by atoms with Crippen LogP contribution in [0.3, 0.4) is 0 Å². The molecule has 0 spiro atoms. The van der Waals surface area contributed by atoms with Crippen molar-refractivity contribution < 1.29 is 13.9 Å². The van der Waals surface area contributed by atoms with E-state index in [9.17, 15) is 4.39 Å². The van der Waals surface area contributed by atoms with E-state index in [-0.39, 0.29) is 17.6 Å². The molecule has 0 radical (unpaired) electrons. The molecule has 9 heteroatoms. The highest BCUT2D eigenvalue weighted by molar-refractivity contribution is 7.18. The van der Waals surface area contributed by atoms with Gasteiger partial charge >= 0.3 is 0 Å². The molecule has 2 unspecified atom stereocenters. The lowest BCUT2D eigenvalue weighted by Crippen LogP contribution is -2.43. The number of rotatable bonds is 7. The molecular weight excluding hydrogens is 495 g/mol. The number of nitrogens with zero attached hydrogens (tertiary/aromatic N) is 3. The lowest BCUT2D eigenvalue weighted by Gasteiger charge is -2.36. The fourth-order valence-electron chi connectivity index (χ4n) is 5.53. The number of benzene rings is 1. The highest BCUT2D eigenvalue weighted by Gasteiger charge is 2.42. The molecule has 6 rings (SSSR count). The predicted molar refractivity (Wildman–Crippen MR) is 145 cm³/mol. The molecule has 36 heavy (non-hydrogen) atoms. The highest BCUT2D eigenvalue weighted by Crippen LogP contribution is 2.46. The zero-order valence-electron chi connectivity index (χ0n) is 20.6. The van der Waals surface area contributed by atoms with Gasteiger partial charge in [-0.25, -0.2) is 14.4 Å². The van der Waals surface area contributed by atoms with Crippen LogP contribution in [0.25, 0.3) is 20.4 Å². The minimum Gasteiger partial charge on any atom is -0.353 e. The van der Waals surface area contributed by atoms with Crippen molar-refractivity contribution in [2.75, 3.05) is 31.6 Å². The van der Waals surface area contributed by atoms with Crippen molar-refractivity contribution in [3.05, 3.63) is 46.7 Å². The Hall–Kier alpha value is -2.17. The van der Waals surface area contributed by atoms with Crippen LogP contribution >= 0.6 is 22.7 Å². The van der Waals surface area contributed by atoms with Crippen molar-refractivity contribution in [1.29, 1.82) is 0 Å². The van der Waals surface area contributed by atoms with E-state index in [2.05, 4.69) is 40.1 Å². The van der Waals surface area contributed by atoms with Gasteiger partial charge in [-0.15, -0.1) is 22.7 Å². The minimum absolute atomic E-state index is 0.00696. The number of hydrogen-bond donors (Lipinski definition) is 1. The molecule has 190 valence electrons. The largest absolute Gasteiger partial charge is 0.353 e. The first-order valence-electron chi connectivity index (χ1n) is 12.7. The smallest absolute Gasteiger partial charge is 0.157 e. The summed E-state index contributed by atoms with van der Waals surface area (Å²) in [5.74, 6) is 0.124. The summed E-state index contributed by atoms with van der Waals surface area (Å²) in [6.07, 6.45) is 6.17. The number of fused-ring (bicyclic) bond motifs is 2. The van der Waals surface area contributed by atoms with Gasteiger partial charge in [0.25, 0.3) is 0 Å². The normalized spacial score (nSPS) is 22.5. The van der Waals surface area contributed by atoms with Gasteiger partial charge < -0.3 is 14.8 Å². The molecule has 5 heterocycles. The van der Waals surface area contributed by atoms with Gasteiger partial charge in [-0.1, -0.05) is 0 Å². The third-order valence-electron chi connectivity index (χ3n) is 7.65. The first-order valence-corrected chi connectivity index (χ1v) is 14.3. The van der Waals surface area contributed by atoms with E-state index in [1.807, 2.05) is 6.07 Å². The molecule has 2 saturated heterocycles. The summed E-state index contributed by atoms with van der Waals surface area (Å²) in [7, 11) is 0. The second-order valence-electron chi connectivity index (χ2n) is 10.2. The van der Waals surface area contributed by atoms with Gasteiger partial charge in [0.15, 0.2) is 6.29 Å². The summed E-state index contributed by atoms with van der Waals surface area (Å²) in [4.78, 5) is 13.8. The van der Waals surface area contributed by atoms with E-state index in [1.165, 1.54) is 22.6 Å². The number of pyridine rings is 1. The number of nitrogens with one attached hydrogen (secondary N) is 1. The monoisotopic (exact) mass is 526 g/mol. The van der Waals surface area contributed by atoms with Gasteiger partial charge in [0.1, 0.15) is 10.6 Å². The van der Waals surface area contributed by atoms with Crippen LogP contribution in [0.1, 0.15) is 50.3 Å². The number of halogens is 1. The Morgan fingerprint density at radius 3 is 2.97 bits per heavy atom.